The fourth-order valence-electron chi connectivity index (χ4n) is 6.46. The number of amides is 1. The average molecular weight is 672 g/mol. The third-order valence-corrected chi connectivity index (χ3v) is 11.3. The Morgan fingerprint density at radius 2 is 1.68 bits per heavy atom. The van der Waals surface area contributed by atoms with Gasteiger partial charge in [0.1, 0.15) is 29.3 Å². The van der Waals surface area contributed by atoms with Crippen LogP contribution in [0.4, 0.5) is 4.79 Å². The van der Waals surface area contributed by atoms with Gasteiger partial charge in [-0.2, -0.15) is 14.0 Å². The molecule has 2 aromatic carbocycles. The summed E-state index contributed by atoms with van der Waals surface area (Å²) in [4.78, 5) is 12.5. The van der Waals surface area contributed by atoms with Gasteiger partial charge in [-0.05, 0) is 33.6 Å². The van der Waals surface area contributed by atoms with Crippen molar-refractivity contribution in [2.24, 2.45) is 5.92 Å². The van der Waals surface area contributed by atoms with Crippen LogP contribution in [0.3, 0.4) is 0 Å². The lowest BCUT2D eigenvalue weighted by Crippen LogP contribution is -2.71. The van der Waals surface area contributed by atoms with Crippen molar-refractivity contribution in [3.05, 3.63) is 83.4 Å². The van der Waals surface area contributed by atoms with Crippen molar-refractivity contribution in [3.8, 4) is 0 Å². The van der Waals surface area contributed by atoms with E-state index in [1.54, 1.807) is 0 Å². The number of hydrogen-bond acceptors (Lipinski definition) is 8. The Hall–Kier alpha value is -1.86. The Labute approximate surface area is 269 Å². The highest BCUT2D eigenvalue weighted by atomic mass is 35.7. The van der Waals surface area contributed by atoms with E-state index in [-0.39, 0.29) is 30.7 Å². The molecule has 4 rings (SSSR count). The van der Waals surface area contributed by atoms with E-state index in [0.717, 1.165) is 16.7 Å². The minimum Gasteiger partial charge on any atom is -0.443 e. The molecule has 0 aromatic heterocycles. The van der Waals surface area contributed by atoms with Gasteiger partial charge in [-0.3, -0.25) is 0 Å². The molecule has 6 unspecified atom stereocenters. The highest BCUT2D eigenvalue weighted by molar-refractivity contribution is 7.95. The molecule has 0 radical (unpaired) electrons. The molecule has 9 nitrogen and oxygen atoms in total. The SMILES string of the molecule is COC1C(OC(=O)NCCl)CCC(C[S+](Cc2ccccc2)Cc2ccccc2)(O[Cl+3]([O-])([O-])[O-])C1C1(C)OC1CC=C(C)C. The first-order valence-electron chi connectivity index (χ1n) is 14.6. The lowest BCUT2D eigenvalue weighted by atomic mass is 9.66. The molecule has 44 heavy (non-hydrogen) atoms. The van der Waals surface area contributed by atoms with Crippen LogP contribution in [0.25, 0.3) is 0 Å². The van der Waals surface area contributed by atoms with Gasteiger partial charge < -0.3 is 19.5 Å². The van der Waals surface area contributed by atoms with Crippen LogP contribution in [0.15, 0.2) is 72.3 Å². The smallest absolute Gasteiger partial charge is 0.408 e. The van der Waals surface area contributed by atoms with Gasteiger partial charge in [0.05, 0.1) is 32.6 Å². The number of carbonyl (C=O) groups is 1. The summed E-state index contributed by atoms with van der Waals surface area (Å²) in [6.45, 7) is 5.88. The van der Waals surface area contributed by atoms with Crippen molar-refractivity contribution in [2.75, 3.05) is 18.9 Å². The molecule has 6 atom stereocenters. The standard InChI is InChI=1S/C32H41Cl2NO8S/c1-23(2)15-16-27-31(3,42-27)29-28(40-4)26(41-30(36)35-22-33)17-18-32(29,43-34(37,38)39)21-44(19-24-11-7-5-8-12-24)20-25-13-9-6-10-14-25/h5-15,26-29H,16-22H2,1-4H3/p+1. The molecule has 2 aliphatic rings. The Morgan fingerprint density at radius 3 is 2.18 bits per heavy atom. The summed E-state index contributed by atoms with van der Waals surface area (Å²) in [5.41, 5.74) is 0.881. The van der Waals surface area contributed by atoms with Gasteiger partial charge in [-0.15, -0.1) is 11.6 Å². The lowest BCUT2D eigenvalue weighted by Gasteiger charge is -2.46. The summed E-state index contributed by atoms with van der Waals surface area (Å²) in [6, 6.07) is 19.8. The van der Waals surface area contributed by atoms with Gasteiger partial charge in [0.25, 0.3) is 5.60 Å². The number of nitrogens with one attached hydrogen (secondary N) is 1. The van der Waals surface area contributed by atoms with Crippen molar-refractivity contribution in [2.45, 2.75) is 81.1 Å². The minimum atomic E-state index is -4.84. The number of methoxy groups -OCH3 is 1. The Balaban J connectivity index is 1.78. The molecule has 2 fully saturated rings. The molecule has 1 aliphatic carbocycles. The van der Waals surface area contributed by atoms with E-state index in [4.69, 9.17) is 30.1 Å². The number of benzene rings is 2. The quantitative estimate of drug-likeness (QED) is 0.106. The molecule has 2 aromatic rings. The summed E-state index contributed by atoms with van der Waals surface area (Å²) in [7, 11) is -3.84. The molecule has 0 spiro atoms. The topological polar surface area (TPSA) is 138 Å². The van der Waals surface area contributed by atoms with Crippen molar-refractivity contribution in [1.29, 1.82) is 0 Å². The third-order valence-electron chi connectivity index (χ3n) is 8.32. The van der Waals surface area contributed by atoms with Crippen LogP contribution in [-0.4, -0.2) is 54.5 Å². The summed E-state index contributed by atoms with van der Waals surface area (Å²) in [5.74, 6) is 0.788. The predicted octanol–water partition coefficient (Wildman–Crippen LogP) is 2.89. The summed E-state index contributed by atoms with van der Waals surface area (Å²) in [5, 5.41) is 2.43. The van der Waals surface area contributed by atoms with E-state index < -0.39 is 56.6 Å². The van der Waals surface area contributed by atoms with Crippen LogP contribution in [0, 0.1) is 16.2 Å². The second kappa shape index (κ2) is 15.2. The first kappa shape index (κ1) is 35.0. The minimum absolute atomic E-state index is 0.131. The maximum atomic E-state index is 12.5. The number of alkyl carbamates (subject to hydrolysis) is 1. The number of hydrogen-bond donors (Lipinski definition) is 1. The number of allylic oxidation sites excluding steroid dienone is 1. The highest BCUT2D eigenvalue weighted by Crippen LogP contribution is 2.57. The Morgan fingerprint density at radius 1 is 1.09 bits per heavy atom. The van der Waals surface area contributed by atoms with E-state index in [1.165, 1.54) is 7.11 Å². The van der Waals surface area contributed by atoms with Crippen LogP contribution in [0.2, 0.25) is 0 Å². The average Bonchev–Trinajstić information content (AvgIpc) is 3.63. The molecule has 1 saturated heterocycles. The highest BCUT2D eigenvalue weighted by Gasteiger charge is 2.74. The van der Waals surface area contributed by atoms with Gasteiger partial charge in [0.2, 0.25) is 0 Å². The zero-order valence-corrected chi connectivity index (χ0v) is 27.9. The van der Waals surface area contributed by atoms with Crippen molar-refractivity contribution >= 4 is 28.6 Å². The Bertz CT molecular complexity index is 1200. The van der Waals surface area contributed by atoms with Crippen LogP contribution in [-0.2, 0) is 40.9 Å². The van der Waals surface area contributed by atoms with Crippen LogP contribution >= 0.6 is 11.6 Å². The van der Waals surface area contributed by atoms with Crippen molar-refractivity contribution in [3.63, 3.8) is 0 Å². The second-order valence-corrected chi connectivity index (χ2v) is 15.1. The molecule has 1 amide bonds. The number of alkyl halides is 1. The first-order chi connectivity index (χ1) is 20.9. The molecular weight excluding hydrogens is 629 g/mol. The maximum absolute atomic E-state index is 12.5. The summed E-state index contributed by atoms with van der Waals surface area (Å²) in [6.07, 6.45) is 0.391. The molecular formula is C32H42Cl2NO8S+. The lowest BCUT2D eigenvalue weighted by molar-refractivity contribution is -1.92. The van der Waals surface area contributed by atoms with E-state index in [1.807, 2.05) is 81.4 Å². The monoisotopic (exact) mass is 670 g/mol. The normalized spacial score (nSPS) is 28.4. The van der Waals surface area contributed by atoms with E-state index in [9.17, 15) is 18.8 Å². The largest absolute Gasteiger partial charge is 0.443 e. The third kappa shape index (κ3) is 9.11. The number of carbonyl (C=O) groups excluding carboxylic acids is 1. The van der Waals surface area contributed by atoms with Crippen LogP contribution in [0.5, 0.6) is 0 Å². The number of rotatable bonds is 14. The van der Waals surface area contributed by atoms with Gasteiger partial charge in [-0.25, -0.2) is 4.79 Å². The number of epoxide rings is 1. The molecule has 0 bridgehead atoms. The zero-order chi connectivity index (χ0) is 32.0. The number of halogens is 2. The van der Waals surface area contributed by atoms with E-state index in [2.05, 4.69) is 11.4 Å². The predicted molar refractivity (Wildman–Crippen MR) is 161 cm³/mol. The number of ether oxygens (including phenoxy) is 3. The summed E-state index contributed by atoms with van der Waals surface area (Å²) < 4.78 is 61.4. The van der Waals surface area contributed by atoms with E-state index >= 15 is 0 Å². The van der Waals surface area contributed by atoms with Gasteiger partial charge in [0.15, 0.2) is 5.75 Å². The second-order valence-electron chi connectivity index (χ2n) is 11.8. The molecule has 1 N–H and O–H groups in total. The fraction of sp³-hybridized carbons (Fsp3) is 0.531. The molecule has 242 valence electrons. The molecule has 1 saturated carbocycles. The van der Waals surface area contributed by atoms with Gasteiger partial charge in [0, 0.05) is 35.6 Å². The van der Waals surface area contributed by atoms with Gasteiger partial charge in [-0.1, -0.05) is 72.3 Å². The molecule has 1 heterocycles. The molecule has 1 aliphatic heterocycles. The van der Waals surface area contributed by atoms with E-state index in [0.29, 0.717) is 17.9 Å². The fourth-order valence-corrected chi connectivity index (χ4v) is 9.95. The van der Waals surface area contributed by atoms with Crippen molar-refractivity contribution in [1.82, 2.24) is 5.32 Å². The zero-order valence-electron chi connectivity index (χ0n) is 25.5. The molecule has 12 heteroatoms. The van der Waals surface area contributed by atoms with Crippen molar-refractivity contribution < 1.29 is 47.5 Å². The van der Waals surface area contributed by atoms with Crippen LogP contribution < -0.4 is 19.3 Å². The van der Waals surface area contributed by atoms with Crippen LogP contribution in [0.1, 0.15) is 51.2 Å². The first-order valence-corrected chi connectivity index (χ1v) is 18.1. The van der Waals surface area contributed by atoms with Gasteiger partial charge >= 0.3 is 6.09 Å². The Kier molecular flexibility index (Phi) is 12.1. The summed E-state index contributed by atoms with van der Waals surface area (Å²) >= 11 is 5.69. The maximum Gasteiger partial charge on any atom is 0.408 e.